The summed E-state index contributed by atoms with van der Waals surface area (Å²) >= 11 is 8.86. The van der Waals surface area contributed by atoms with E-state index in [-0.39, 0.29) is 17.8 Å². The van der Waals surface area contributed by atoms with Crippen LogP contribution in [-0.2, 0) is 5.41 Å². The van der Waals surface area contributed by atoms with Gasteiger partial charge in [0.2, 0.25) is 0 Å². The Morgan fingerprint density at radius 2 is 1.15 bits per heavy atom. The molecule has 0 aliphatic heterocycles. The van der Waals surface area contributed by atoms with Crippen LogP contribution in [0.1, 0.15) is 25.0 Å². The topological polar surface area (TPSA) is 52.0 Å². The number of nitrogens with two attached hydrogens (primary N) is 2. The fraction of sp³-hybridized carbons (Fsp3) is 0.200. The van der Waals surface area contributed by atoms with Crippen LogP contribution in [0.25, 0.3) is 11.1 Å². The number of halogens is 1. The van der Waals surface area contributed by atoms with E-state index in [1.807, 2.05) is 12.1 Å². The molecule has 20 heavy (non-hydrogen) atoms. The third-order valence-electron chi connectivity index (χ3n) is 3.97. The van der Waals surface area contributed by atoms with Crippen molar-refractivity contribution in [3.8, 4) is 11.1 Å². The standard InChI is InChI=1S/C15H16N2S2.ClH/c1-15(2)9-5-13(18)11(16)3-7(9)8-4-12(17)14(19)6-10(8)15;/h3-6,18-19H,16-17H2,1-2H3;1H. The van der Waals surface area contributed by atoms with Crippen molar-refractivity contribution in [1.29, 1.82) is 0 Å². The van der Waals surface area contributed by atoms with E-state index >= 15 is 0 Å². The third kappa shape index (κ3) is 1.98. The molecule has 2 nitrogen and oxygen atoms in total. The molecule has 5 heteroatoms. The van der Waals surface area contributed by atoms with Crippen LogP contribution in [0.5, 0.6) is 0 Å². The van der Waals surface area contributed by atoms with Gasteiger partial charge in [-0.3, -0.25) is 0 Å². The number of thiol groups is 2. The van der Waals surface area contributed by atoms with Crippen LogP contribution in [0.4, 0.5) is 11.4 Å². The average molecular weight is 325 g/mol. The summed E-state index contributed by atoms with van der Waals surface area (Å²) in [5, 5.41) is 0. The van der Waals surface area contributed by atoms with Crippen molar-refractivity contribution in [1.82, 2.24) is 0 Å². The Labute approximate surface area is 136 Å². The number of fused-ring (bicyclic) bond motifs is 3. The number of benzene rings is 2. The first kappa shape index (κ1) is 15.4. The van der Waals surface area contributed by atoms with Crippen LogP contribution in [-0.4, -0.2) is 0 Å². The van der Waals surface area contributed by atoms with Crippen LogP contribution in [0.3, 0.4) is 0 Å². The van der Waals surface area contributed by atoms with Crippen LogP contribution < -0.4 is 11.5 Å². The van der Waals surface area contributed by atoms with Crippen molar-refractivity contribution >= 4 is 49.0 Å². The third-order valence-corrected chi connectivity index (χ3v) is 4.75. The molecule has 2 aromatic carbocycles. The first-order valence-corrected chi connectivity index (χ1v) is 6.98. The Morgan fingerprint density at radius 3 is 1.50 bits per heavy atom. The molecule has 1 aliphatic carbocycles. The smallest absolute Gasteiger partial charge is 0.0456 e. The lowest BCUT2D eigenvalue weighted by atomic mass is 9.82. The molecule has 0 spiro atoms. The van der Waals surface area contributed by atoms with Crippen molar-refractivity contribution < 1.29 is 0 Å². The largest absolute Gasteiger partial charge is 0.398 e. The molecule has 0 radical (unpaired) electrons. The number of anilines is 2. The summed E-state index contributed by atoms with van der Waals surface area (Å²) in [6.45, 7) is 4.40. The summed E-state index contributed by atoms with van der Waals surface area (Å²) in [4.78, 5) is 1.64. The molecule has 0 heterocycles. The zero-order chi connectivity index (χ0) is 13.9. The lowest BCUT2D eigenvalue weighted by Crippen LogP contribution is -2.15. The van der Waals surface area contributed by atoms with Crippen molar-refractivity contribution in [3.63, 3.8) is 0 Å². The van der Waals surface area contributed by atoms with Gasteiger partial charge in [-0.1, -0.05) is 13.8 Å². The molecule has 2 aromatic rings. The second kappa shape index (κ2) is 4.79. The van der Waals surface area contributed by atoms with E-state index < -0.39 is 0 Å². The first-order chi connectivity index (χ1) is 8.82. The Bertz CT molecular complexity index is 652. The van der Waals surface area contributed by atoms with Gasteiger partial charge in [-0.2, -0.15) is 0 Å². The fourth-order valence-electron chi connectivity index (χ4n) is 2.83. The molecule has 0 fully saturated rings. The van der Waals surface area contributed by atoms with Gasteiger partial charge in [0.1, 0.15) is 0 Å². The number of rotatable bonds is 0. The van der Waals surface area contributed by atoms with Crippen LogP contribution in [0.15, 0.2) is 34.1 Å². The minimum atomic E-state index is -0.0823. The number of nitrogen functional groups attached to an aromatic ring is 2. The van der Waals surface area contributed by atoms with Crippen molar-refractivity contribution in [2.45, 2.75) is 29.1 Å². The molecular formula is C15H17ClN2S2. The molecule has 0 aromatic heterocycles. The minimum Gasteiger partial charge on any atom is -0.398 e. The highest BCUT2D eigenvalue weighted by atomic mass is 35.5. The minimum absolute atomic E-state index is 0. The summed E-state index contributed by atoms with van der Waals surface area (Å²) in [7, 11) is 0. The summed E-state index contributed by atoms with van der Waals surface area (Å²) in [6.07, 6.45) is 0. The van der Waals surface area contributed by atoms with Gasteiger partial charge in [0.15, 0.2) is 0 Å². The van der Waals surface area contributed by atoms with Crippen molar-refractivity contribution in [2.24, 2.45) is 0 Å². The molecule has 0 amide bonds. The number of hydrogen-bond donors (Lipinski definition) is 4. The lowest BCUT2D eigenvalue weighted by molar-refractivity contribution is 0.657. The van der Waals surface area contributed by atoms with E-state index in [0.717, 1.165) is 20.9 Å². The van der Waals surface area contributed by atoms with Crippen molar-refractivity contribution in [3.05, 3.63) is 35.4 Å². The second-order valence-electron chi connectivity index (χ2n) is 5.54. The van der Waals surface area contributed by atoms with E-state index in [2.05, 4.69) is 51.2 Å². The molecule has 0 bridgehead atoms. The van der Waals surface area contributed by atoms with Gasteiger partial charge in [0.25, 0.3) is 0 Å². The van der Waals surface area contributed by atoms with Gasteiger partial charge in [0, 0.05) is 26.6 Å². The molecule has 106 valence electrons. The summed E-state index contributed by atoms with van der Waals surface area (Å²) in [6, 6.07) is 8.09. The predicted molar refractivity (Wildman–Crippen MR) is 94.6 cm³/mol. The van der Waals surface area contributed by atoms with E-state index in [9.17, 15) is 0 Å². The average Bonchev–Trinajstić information content (AvgIpc) is 2.52. The molecule has 4 N–H and O–H groups in total. The molecule has 3 rings (SSSR count). The zero-order valence-corrected chi connectivity index (χ0v) is 13.9. The van der Waals surface area contributed by atoms with E-state index in [0.29, 0.717) is 11.4 Å². The predicted octanol–water partition coefficient (Wildman–Crippen LogP) is 4.16. The highest BCUT2D eigenvalue weighted by Gasteiger charge is 2.36. The van der Waals surface area contributed by atoms with Crippen molar-refractivity contribution in [2.75, 3.05) is 11.5 Å². The number of hydrogen-bond acceptors (Lipinski definition) is 4. The highest BCUT2D eigenvalue weighted by Crippen LogP contribution is 2.51. The van der Waals surface area contributed by atoms with Gasteiger partial charge >= 0.3 is 0 Å². The van der Waals surface area contributed by atoms with Gasteiger partial charge in [-0.15, -0.1) is 37.7 Å². The first-order valence-electron chi connectivity index (χ1n) is 6.08. The van der Waals surface area contributed by atoms with Gasteiger partial charge in [-0.05, 0) is 46.5 Å². The van der Waals surface area contributed by atoms with Gasteiger partial charge in [0.05, 0.1) is 0 Å². The molecule has 0 unspecified atom stereocenters. The lowest BCUT2D eigenvalue weighted by Gasteiger charge is -2.22. The van der Waals surface area contributed by atoms with E-state index in [1.165, 1.54) is 11.1 Å². The van der Waals surface area contributed by atoms with Gasteiger partial charge in [-0.25, -0.2) is 0 Å². The van der Waals surface area contributed by atoms with E-state index in [1.54, 1.807) is 0 Å². The fourth-order valence-corrected chi connectivity index (χ4v) is 3.22. The molecule has 0 atom stereocenters. The highest BCUT2D eigenvalue weighted by molar-refractivity contribution is 7.80. The Kier molecular flexibility index (Phi) is 3.70. The van der Waals surface area contributed by atoms with E-state index in [4.69, 9.17) is 11.5 Å². The Morgan fingerprint density at radius 1 is 0.800 bits per heavy atom. The molecule has 0 saturated carbocycles. The van der Waals surface area contributed by atoms with Crippen LogP contribution in [0, 0.1) is 0 Å². The second-order valence-corrected chi connectivity index (χ2v) is 6.50. The maximum Gasteiger partial charge on any atom is 0.0456 e. The Balaban J connectivity index is 0.00000147. The monoisotopic (exact) mass is 324 g/mol. The zero-order valence-electron chi connectivity index (χ0n) is 11.3. The summed E-state index contributed by atoms with van der Waals surface area (Å²) in [5.74, 6) is 0. The Hall–Kier alpha value is -0.970. The molecule has 1 aliphatic rings. The summed E-state index contributed by atoms with van der Waals surface area (Å²) in [5.41, 5.74) is 18.0. The van der Waals surface area contributed by atoms with Crippen LogP contribution in [0.2, 0.25) is 0 Å². The maximum absolute atomic E-state index is 5.98. The quantitative estimate of drug-likeness (QED) is 0.434. The molecular weight excluding hydrogens is 308 g/mol. The summed E-state index contributed by atoms with van der Waals surface area (Å²) < 4.78 is 0. The normalized spacial score (nSPS) is 14.4. The molecule has 0 saturated heterocycles. The SMILES string of the molecule is CC1(C)c2cc(S)c(N)cc2-c2cc(N)c(S)cc21.Cl. The van der Waals surface area contributed by atoms with Gasteiger partial charge < -0.3 is 11.5 Å². The van der Waals surface area contributed by atoms with Crippen LogP contribution >= 0.6 is 37.7 Å². The maximum atomic E-state index is 5.98.